The van der Waals surface area contributed by atoms with E-state index in [1.165, 1.54) is 174 Å². The maximum Gasteiger partial charge on any atom is 0.264 e. The second-order valence-corrected chi connectivity index (χ2v) is 47.4. The molecule has 16 rings (SSSR count). The number of Topliss-reactive ketones (excluding diaryl/α,β-unsaturated/α-hetero) is 4. The molecule has 0 atom stereocenters. The Bertz CT molecular complexity index is 6620. The molecule has 0 saturated carbocycles. The molecule has 0 unspecified atom stereocenters. The molecule has 20 nitrogen and oxygen atoms in total. The maximum atomic E-state index is 14.3. The third-order valence-corrected chi connectivity index (χ3v) is 36.4. The van der Waals surface area contributed by atoms with Crippen molar-refractivity contribution in [1.29, 1.82) is 0 Å². The fourth-order valence-corrected chi connectivity index (χ4v) is 28.4. The van der Waals surface area contributed by atoms with Crippen molar-refractivity contribution in [3.05, 3.63) is 297 Å². The second-order valence-electron chi connectivity index (χ2n) is 36.7. The summed E-state index contributed by atoms with van der Waals surface area (Å²) in [5.74, 6) is -3.46. The number of benzene rings is 8. The summed E-state index contributed by atoms with van der Waals surface area (Å²) in [6.45, 7) is 38.5. The van der Waals surface area contributed by atoms with E-state index in [4.69, 9.17) is 11.6 Å². The molecule has 4 saturated heterocycles. The van der Waals surface area contributed by atoms with Gasteiger partial charge in [-0.1, -0.05) is 71.8 Å². The summed E-state index contributed by atoms with van der Waals surface area (Å²) < 4.78 is 155. The van der Waals surface area contributed by atoms with Gasteiger partial charge in [-0.2, -0.15) is 0 Å². The Balaban J connectivity index is 0.000000156. The highest BCUT2D eigenvalue weighted by molar-refractivity contribution is 7.93. The zero-order chi connectivity index (χ0) is 100. The first kappa shape index (κ1) is 106. The number of rotatable bonds is 28. The van der Waals surface area contributed by atoms with E-state index >= 15 is 0 Å². The first-order valence-electron chi connectivity index (χ1n) is 46.9. The van der Waals surface area contributed by atoms with Crippen LogP contribution in [0.25, 0.3) is 0 Å². The molecule has 0 spiro atoms. The van der Waals surface area contributed by atoms with Crippen LogP contribution >= 0.6 is 56.9 Å². The quantitative estimate of drug-likeness (QED) is 0.0332. The molecule has 8 aromatic carbocycles. The minimum Gasteiger partial charge on any atom is -0.371 e. The Kier molecular flexibility index (Phi) is 34.7. The van der Waals surface area contributed by atoms with Gasteiger partial charge in [0.15, 0.2) is 23.1 Å². The normalized spacial score (nSPS) is 14.3. The monoisotopic (exact) mass is 2060 g/mol. The van der Waals surface area contributed by atoms with E-state index < -0.39 is 67.3 Å². The molecule has 0 radical (unpaired) electrons. The predicted octanol–water partition coefficient (Wildman–Crippen LogP) is 25.6. The van der Waals surface area contributed by atoms with Gasteiger partial charge in [0.1, 0.15) is 32.1 Å². The molecule has 4 aliphatic rings. The van der Waals surface area contributed by atoms with Crippen molar-refractivity contribution in [2.75, 3.05) is 90.8 Å². The van der Waals surface area contributed by atoms with E-state index in [1.54, 1.807) is 83.9 Å². The van der Waals surface area contributed by atoms with Crippen LogP contribution in [0, 0.1) is 121 Å². The van der Waals surface area contributed by atoms with E-state index in [0.717, 1.165) is 161 Å². The number of halogens is 4. The third-order valence-electron chi connectivity index (χ3n) is 26.4. The van der Waals surface area contributed by atoms with Gasteiger partial charge in [0, 0.05) is 107 Å². The van der Waals surface area contributed by atoms with Gasteiger partial charge in [-0.3, -0.25) is 38.1 Å². The Morgan fingerprint density at radius 1 is 0.295 bits per heavy atom. The molecule has 0 aliphatic carbocycles. The van der Waals surface area contributed by atoms with Crippen molar-refractivity contribution >= 4 is 166 Å². The van der Waals surface area contributed by atoms with Crippen molar-refractivity contribution in [2.24, 2.45) is 0 Å². The van der Waals surface area contributed by atoms with E-state index in [2.05, 4.69) is 118 Å². The summed E-state index contributed by atoms with van der Waals surface area (Å²) in [4.78, 5) is 63.8. The molecule has 4 aromatic heterocycles. The van der Waals surface area contributed by atoms with Crippen molar-refractivity contribution in [1.82, 2.24) is 0 Å². The van der Waals surface area contributed by atoms with Crippen LogP contribution in [0.15, 0.2) is 168 Å². The number of nitrogens with one attached hydrogen (secondary N) is 4. The minimum atomic E-state index is -4.35. The van der Waals surface area contributed by atoms with Gasteiger partial charge in [-0.15, -0.1) is 45.3 Å². The smallest absolute Gasteiger partial charge is 0.264 e. The zero-order valence-electron chi connectivity index (χ0n) is 81.4. The minimum absolute atomic E-state index is 0.0161. The molecule has 738 valence electrons. The molecular formula is C107H122ClF3N8O12S8. The van der Waals surface area contributed by atoms with Crippen molar-refractivity contribution in [3.8, 4) is 0 Å². The lowest BCUT2D eigenvalue weighted by molar-refractivity contribution is 0.0989. The molecule has 139 heavy (non-hydrogen) atoms. The number of piperidine rings is 4. The number of hydrogen-bond acceptors (Lipinski definition) is 20. The summed E-state index contributed by atoms with van der Waals surface area (Å²) in [6.07, 6.45) is 15.2. The van der Waals surface area contributed by atoms with Gasteiger partial charge >= 0.3 is 0 Å². The summed E-state index contributed by atoms with van der Waals surface area (Å²) >= 11 is 10.9. The fraction of sp³-hybridized carbons (Fsp3) is 0.364. The first-order chi connectivity index (χ1) is 65.9. The highest BCUT2D eigenvalue weighted by atomic mass is 35.5. The second kappa shape index (κ2) is 45.6. The maximum absolute atomic E-state index is 14.3. The number of thiophene rings is 4. The van der Waals surface area contributed by atoms with Crippen LogP contribution in [0.2, 0.25) is 5.02 Å². The van der Waals surface area contributed by atoms with Gasteiger partial charge in [0.2, 0.25) is 0 Å². The van der Waals surface area contributed by atoms with Crippen LogP contribution in [-0.2, 0) is 65.8 Å². The first-order valence-corrected chi connectivity index (χ1v) is 56.7. The van der Waals surface area contributed by atoms with Crippen LogP contribution in [0.4, 0.5) is 58.7 Å². The van der Waals surface area contributed by atoms with Crippen LogP contribution < -0.4 is 38.5 Å². The van der Waals surface area contributed by atoms with Crippen molar-refractivity contribution in [2.45, 2.75) is 226 Å². The van der Waals surface area contributed by atoms with Crippen LogP contribution in [0.5, 0.6) is 0 Å². The summed E-state index contributed by atoms with van der Waals surface area (Å²) in [7, 11) is -16.3. The molecule has 0 amide bonds. The Labute approximate surface area is 838 Å². The summed E-state index contributed by atoms with van der Waals surface area (Å²) in [6, 6.07) is 32.6. The van der Waals surface area contributed by atoms with Gasteiger partial charge in [0.25, 0.3) is 40.1 Å². The predicted molar refractivity (Wildman–Crippen MR) is 564 cm³/mol. The molecule has 4 fully saturated rings. The van der Waals surface area contributed by atoms with E-state index in [-0.39, 0.29) is 85.6 Å². The third kappa shape index (κ3) is 25.0. The summed E-state index contributed by atoms with van der Waals surface area (Å²) in [5, 5.41) is 6.91. The van der Waals surface area contributed by atoms with E-state index in [0.29, 0.717) is 37.5 Å². The van der Waals surface area contributed by atoms with Gasteiger partial charge < -0.3 is 19.6 Å². The topological polar surface area (TPSA) is 266 Å². The number of aryl methyl sites for hydroxylation is 11. The van der Waals surface area contributed by atoms with Crippen LogP contribution in [0.3, 0.4) is 0 Å². The Morgan fingerprint density at radius 3 is 0.835 bits per heavy atom. The average Bonchev–Trinajstić information content (AvgIpc) is 1.73. The van der Waals surface area contributed by atoms with Gasteiger partial charge in [-0.25, -0.2) is 46.8 Å². The molecule has 32 heteroatoms. The van der Waals surface area contributed by atoms with E-state index in [1.807, 2.05) is 40.7 Å². The number of ketones is 4. The molecule has 4 N–H and O–H groups in total. The number of nitrogens with zero attached hydrogens (tertiary/aromatic N) is 4. The Morgan fingerprint density at radius 2 is 0.554 bits per heavy atom. The molecule has 4 aliphatic heterocycles. The zero-order valence-corrected chi connectivity index (χ0v) is 88.7. The fourth-order valence-electron chi connectivity index (χ4n) is 19.8. The molecular weight excluding hydrogens is 1940 g/mol. The lowest BCUT2D eigenvalue weighted by atomic mass is 9.92. The van der Waals surface area contributed by atoms with Gasteiger partial charge in [0.05, 0.1) is 52.2 Å². The average molecular weight is 2060 g/mol. The van der Waals surface area contributed by atoms with Crippen molar-refractivity contribution in [3.63, 3.8) is 0 Å². The standard InChI is InChI=1S/C28H34N2O3S2.C27H31FN2O3S2.C26H29ClN2O3S2.C26H28F2N2O3S2/c1-18-9-10-26(20(3)15-18)35(32,33)29-24-11-14-34-28(24)25(31)17-23-19(2)16-21(4)27(22(23)5)30-12-7-6-8-13-30;1-17-8-9-25(22(28)14-17)35(32,33)29-23-10-13-34-27(23)24(31)16-21-18(2)15-19(3)26(20(21)4)30-11-6-5-7-12-30;1-17-15-18(2)25(29-12-7-4-8-13-29)19(3)20(17)16-23(30)26-22(11-14-33-26)28-34(31,32)24-10-6-5-9-21(24)27;1-16-13-17(2)25(30-10-5-4-6-11-30)18(3)20(16)15-23(31)26-22(9-12-34-26)29-35(32,33)24-8-7-19(27)14-21(24)28/h9-11,14-16,29H,6-8,12-13,17H2,1-5H3;8-10,13-15,29H,5-7,11-12,16H2,1-4H3;5-6,9-11,14-15,28H,4,7-8,12-13,16H2,1-3H3;7-9,12-14,29H,4-6,10-11,15H2,1-3H3. The summed E-state index contributed by atoms with van der Waals surface area (Å²) in [5.41, 5.74) is 25.7. The van der Waals surface area contributed by atoms with E-state index in [9.17, 15) is 66.0 Å². The number of hydrogen-bond donors (Lipinski definition) is 4. The molecule has 8 heterocycles. The molecule has 0 bridgehead atoms. The highest BCUT2D eigenvalue weighted by Crippen LogP contribution is 2.42. The molecule has 12 aromatic rings. The Hall–Kier alpha value is -10.5. The van der Waals surface area contributed by atoms with Crippen molar-refractivity contribution < 1.29 is 66.0 Å². The number of anilines is 8. The number of sulfonamides is 4. The SMILES string of the molecule is Cc1cc(C)c(N2CCCCC2)c(C)c1CC(=O)c1sccc1NS(=O)(=O)c1ccc(F)cc1F.Cc1cc(C)c(N2CCCCC2)c(C)c1CC(=O)c1sccc1NS(=O)(=O)c1ccccc1Cl.Cc1ccc(S(=O)(=O)Nc2ccsc2C(=O)Cc2c(C)cc(C)c(N3CCCCC3)c2C)c(C)c1.Cc1ccc(S(=O)(=O)Nc2ccsc2C(=O)Cc2c(C)cc(C)c(N3CCCCC3)c2C)c(F)c1. The largest absolute Gasteiger partial charge is 0.371 e. The lowest BCUT2D eigenvalue weighted by Gasteiger charge is -2.33. The number of carbonyl (C=O) groups excluding carboxylic acids is 4. The van der Waals surface area contributed by atoms with Crippen LogP contribution in [0.1, 0.15) is 221 Å². The van der Waals surface area contributed by atoms with Gasteiger partial charge in [-0.05, 0) is 369 Å². The number of carbonyl (C=O) groups is 4. The lowest BCUT2D eigenvalue weighted by Crippen LogP contribution is -2.31. The highest BCUT2D eigenvalue weighted by Gasteiger charge is 2.33. The van der Waals surface area contributed by atoms with Crippen LogP contribution in [-0.4, -0.2) is 109 Å².